The van der Waals surface area contributed by atoms with E-state index < -0.39 is 0 Å². The number of rotatable bonds is 3. The minimum atomic E-state index is 0.0144. The number of benzene rings is 2. The lowest BCUT2D eigenvalue weighted by atomic mass is 10.1. The summed E-state index contributed by atoms with van der Waals surface area (Å²) in [4.78, 5) is 16.9. The van der Waals surface area contributed by atoms with Crippen LogP contribution in [0.25, 0.3) is 0 Å². The standard InChI is InChI=1S/C19H20Cl2N2O/c1-14(15-5-3-2-4-6-15)22-9-11-23(12-10-22)19(24)16-7-8-17(20)18(21)13-16/h2-8,13-14H,9-12H2,1H3/t14-/m0/s1. The van der Waals surface area contributed by atoms with Crippen LogP contribution in [0.5, 0.6) is 0 Å². The summed E-state index contributed by atoms with van der Waals surface area (Å²) in [6, 6.07) is 15.9. The van der Waals surface area contributed by atoms with E-state index in [9.17, 15) is 4.79 Å². The molecule has 0 radical (unpaired) electrons. The molecule has 126 valence electrons. The van der Waals surface area contributed by atoms with Gasteiger partial charge in [-0.15, -0.1) is 0 Å². The first-order chi connectivity index (χ1) is 11.6. The quantitative estimate of drug-likeness (QED) is 0.801. The van der Waals surface area contributed by atoms with Gasteiger partial charge in [-0.1, -0.05) is 53.5 Å². The molecule has 0 bridgehead atoms. The van der Waals surface area contributed by atoms with Crippen molar-refractivity contribution in [1.82, 2.24) is 9.80 Å². The Kier molecular flexibility index (Phi) is 5.44. The summed E-state index contributed by atoms with van der Waals surface area (Å²) in [5, 5.41) is 0.883. The minimum absolute atomic E-state index is 0.0144. The molecule has 2 aromatic carbocycles. The van der Waals surface area contributed by atoms with Gasteiger partial charge in [-0.25, -0.2) is 0 Å². The molecule has 1 heterocycles. The summed E-state index contributed by atoms with van der Waals surface area (Å²) < 4.78 is 0. The molecule has 5 heteroatoms. The first-order valence-corrected chi connectivity index (χ1v) is 8.85. The topological polar surface area (TPSA) is 23.6 Å². The number of hydrogen-bond donors (Lipinski definition) is 0. The summed E-state index contributed by atoms with van der Waals surface area (Å²) in [6.07, 6.45) is 0. The second-order valence-electron chi connectivity index (χ2n) is 6.04. The van der Waals surface area contributed by atoms with Crippen LogP contribution in [0.2, 0.25) is 10.0 Å². The Bertz CT molecular complexity index is 713. The minimum Gasteiger partial charge on any atom is -0.336 e. The highest BCUT2D eigenvalue weighted by atomic mass is 35.5. The van der Waals surface area contributed by atoms with E-state index in [4.69, 9.17) is 23.2 Å². The van der Waals surface area contributed by atoms with Crippen molar-refractivity contribution in [2.45, 2.75) is 13.0 Å². The molecule has 3 rings (SSSR count). The Morgan fingerprint density at radius 1 is 0.958 bits per heavy atom. The van der Waals surface area contributed by atoms with Gasteiger partial charge in [-0.3, -0.25) is 9.69 Å². The molecule has 2 aromatic rings. The van der Waals surface area contributed by atoms with Crippen molar-refractivity contribution in [3.05, 3.63) is 69.7 Å². The first kappa shape index (κ1) is 17.3. The molecule has 1 aliphatic heterocycles. The number of carbonyl (C=O) groups is 1. The van der Waals surface area contributed by atoms with Crippen LogP contribution in [-0.2, 0) is 0 Å². The molecule has 0 aliphatic carbocycles. The molecule has 1 atom stereocenters. The normalized spacial score (nSPS) is 16.9. The van der Waals surface area contributed by atoms with Gasteiger partial charge in [0, 0.05) is 37.8 Å². The van der Waals surface area contributed by atoms with Crippen molar-refractivity contribution < 1.29 is 4.79 Å². The smallest absolute Gasteiger partial charge is 0.253 e. The van der Waals surface area contributed by atoms with E-state index in [1.54, 1.807) is 18.2 Å². The van der Waals surface area contributed by atoms with E-state index >= 15 is 0 Å². The Hall–Kier alpha value is -1.55. The fourth-order valence-electron chi connectivity index (χ4n) is 3.07. The molecule has 0 spiro atoms. The third-order valence-electron chi connectivity index (χ3n) is 4.60. The first-order valence-electron chi connectivity index (χ1n) is 8.09. The van der Waals surface area contributed by atoms with E-state index in [0.717, 1.165) is 26.2 Å². The highest BCUT2D eigenvalue weighted by molar-refractivity contribution is 6.42. The zero-order valence-corrected chi connectivity index (χ0v) is 15.1. The van der Waals surface area contributed by atoms with E-state index in [2.05, 4.69) is 36.1 Å². The van der Waals surface area contributed by atoms with E-state index in [1.807, 2.05) is 11.0 Å². The Morgan fingerprint density at radius 2 is 1.62 bits per heavy atom. The zero-order valence-electron chi connectivity index (χ0n) is 13.6. The van der Waals surface area contributed by atoms with Crippen LogP contribution in [-0.4, -0.2) is 41.9 Å². The summed E-state index contributed by atoms with van der Waals surface area (Å²) >= 11 is 11.9. The molecule has 1 saturated heterocycles. The fraction of sp³-hybridized carbons (Fsp3) is 0.316. The van der Waals surface area contributed by atoms with Crippen LogP contribution >= 0.6 is 23.2 Å². The lowest BCUT2D eigenvalue weighted by Gasteiger charge is -2.38. The van der Waals surface area contributed by atoms with Gasteiger partial charge >= 0.3 is 0 Å². The highest BCUT2D eigenvalue weighted by Crippen LogP contribution is 2.25. The molecular weight excluding hydrogens is 343 g/mol. The van der Waals surface area contributed by atoms with Crippen LogP contribution in [0.1, 0.15) is 28.9 Å². The fourth-order valence-corrected chi connectivity index (χ4v) is 3.36. The van der Waals surface area contributed by atoms with Crippen molar-refractivity contribution in [2.75, 3.05) is 26.2 Å². The third kappa shape index (κ3) is 3.75. The molecule has 3 nitrogen and oxygen atoms in total. The maximum Gasteiger partial charge on any atom is 0.253 e. The summed E-state index contributed by atoms with van der Waals surface area (Å²) in [6.45, 7) is 5.38. The molecule has 1 amide bonds. The SMILES string of the molecule is C[C@@H](c1ccccc1)N1CCN(C(=O)c2ccc(Cl)c(Cl)c2)CC1. The molecule has 0 aromatic heterocycles. The molecule has 0 saturated carbocycles. The Labute approximate surface area is 152 Å². The van der Waals surface area contributed by atoms with Gasteiger partial charge in [-0.05, 0) is 30.7 Å². The second kappa shape index (κ2) is 7.56. The Morgan fingerprint density at radius 3 is 2.25 bits per heavy atom. The monoisotopic (exact) mass is 362 g/mol. The van der Waals surface area contributed by atoms with Crippen LogP contribution < -0.4 is 0 Å². The maximum absolute atomic E-state index is 12.6. The number of piperazine rings is 1. The van der Waals surface area contributed by atoms with E-state index in [0.29, 0.717) is 21.7 Å². The molecule has 0 N–H and O–H groups in total. The molecule has 1 fully saturated rings. The van der Waals surface area contributed by atoms with Gasteiger partial charge in [0.05, 0.1) is 10.0 Å². The second-order valence-corrected chi connectivity index (χ2v) is 6.86. The average molecular weight is 363 g/mol. The number of nitrogens with zero attached hydrogens (tertiary/aromatic N) is 2. The third-order valence-corrected chi connectivity index (χ3v) is 5.34. The van der Waals surface area contributed by atoms with Gasteiger partial charge in [0.15, 0.2) is 0 Å². The van der Waals surface area contributed by atoms with Gasteiger partial charge < -0.3 is 4.90 Å². The number of amides is 1. The summed E-state index contributed by atoms with van der Waals surface area (Å²) in [5.74, 6) is 0.0144. The van der Waals surface area contributed by atoms with Crippen LogP contribution in [0.15, 0.2) is 48.5 Å². The van der Waals surface area contributed by atoms with E-state index in [1.165, 1.54) is 5.56 Å². The van der Waals surface area contributed by atoms with Crippen molar-refractivity contribution in [3.63, 3.8) is 0 Å². The Balaban J connectivity index is 1.62. The van der Waals surface area contributed by atoms with Crippen LogP contribution in [0.4, 0.5) is 0 Å². The molecule has 0 unspecified atom stereocenters. The molecular formula is C19H20Cl2N2O. The van der Waals surface area contributed by atoms with Crippen LogP contribution in [0.3, 0.4) is 0 Å². The van der Waals surface area contributed by atoms with Gasteiger partial charge in [0.25, 0.3) is 5.91 Å². The van der Waals surface area contributed by atoms with Gasteiger partial charge in [0.1, 0.15) is 0 Å². The largest absolute Gasteiger partial charge is 0.336 e. The van der Waals surface area contributed by atoms with Crippen molar-refractivity contribution in [2.24, 2.45) is 0 Å². The summed E-state index contributed by atoms with van der Waals surface area (Å²) in [5.41, 5.74) is 1.90. The average Bonchev–Trinajstić information content (AvgIpc) is 2.63. The van der Waals surface area contributed by atoms with Gasteiger partial charge in [-0.2, -0.15) is 0 Å². The van der Waals surface area contributed by atoms with Crippen LogP contribution in [0, 0.1) is 0 Å². The van der Waals surface area contributed by atoms with Crippen molar-refractivity contribution in [3.8, 4) is 0 Å². The molecule has 24 heavy (non-hydrogen) atoms. The number of halogens is 2. The maximum atomic E-state index is 12.6. The van der Waals surface area contributed by atoms with Crippen molar-refractivity contribution >= 4 is 29.1 Å². The number of hydrogen-bond acceptors (Lipinski definition) is 2. The van der Waals surface area contributed by atoms with Crippen molar-refractivity contribution in [1.29, 1.82) is 0 Å². The predicted molar refractivity (Wildman–Crippen MR) is 98.8 cm³/mol. The van der Waals surface area contributed by atoms with Gasteiger partial charge in [0.2, 0.25) is 0 Å². The highest BCUT2D eigenvalue weighted by Gasteiger charge is 2.25. The lowest BCUT2D eigenvalue weighted by Crippen LogP contribution is -2.49. The van der Waals surface area contributed by atoms with E-state index in [-0.39, 0.29) is 5.91 Å². The predicted octanol–water partition coefficient (Wildman–Crippen LogP) is 4.51. The number of carbonyl (C=O) groups excluding carboxylic acids is 1. The zero-order chi connectivity index (χ0) is 17.1. The molecule has 1 aliphatic rings. The summed E-state index contributed by atoms with van der Waals surface area (Å²) in [7, 11) is 0. The lowest BCUT2D eigenvalue weighted by molar-refractivity contribution is 0.0582.